The minimum Gasteiger partial charge on any atom is -0.502 e. The number of nitrogens with one attached hydrogen (secondary N) is 1. The van der Waals surface area contributed by atoms with Crippen LogP contribution in [0.25, 0.3) is 6.08 Å². The van der Waals surface area contributed by atoms with Crippen LogP contribution in [-0.4, -0.2) is 65.4 Å². The van der Waals surface area contributed by atoms with Gasteiger partial charge in [0.2, 0.25) is 11.7 Å². The van der Waals surface area contributed by atoms with Gasteiger partial charge in [-0.15, -0.1) is 0 Å². The number of ether oxygens (including phenoxy) is 2. The first-order chi connectivity index (χ1) is 17.9. The Balaban J connectivity index is 2.35. The molecule has 0 aliphatic carbocycles. The fourth-order valence-electron chi connectivity index (χ4n) is 4.29. The van der Waals surface area contributed by atoms with E-state index in [1.54, 1.807) is 12.1 Å². The molecule has 8 heteroatoms. The number of aliphatic hydroxyl groups excluding tert-OH is 3. The van der Waals surface area contributed by atoms with Gasteiger partial charge in [-0.3, -0.25) is 4.79 Å². The van der Waals surface area contributed by atoms with Crippen LogP contribution in [-0.2, 0) is 4.79 Å². The minimum atomic E-state index is -1.27. The Morgan fingerprint density at radius 3 is 1.84 bits per heavy atom. The molecule has 0 fully saturated rings. The molecular formula is C29H49NO7. The van der Waals surface area contributed by atoms with Gasteiger partial charge < -0.3 is 35.2 Å². The van der Waals surface area contributed by atoms with Crippen LogP contribution in [0.2, 0.25) is 0 Å². The molecule has 0 unspecified atom stereocenters. The van der Waals surface area contributed by atoms with E-state index in [9.17, 15) is 25.2 Å². The topological polar surface area (TPSA) is 128 Å². The Morgan fingerprint density at radius 2 is 1.38 bits per heavy atom. The minimum absolute atomic E-state index is 0.141. The summed E-state index contributed by atoms with van der Waals surface area (Å²) in [6.07, 6.45) is 15.4. The predicted molar refractivity (Wildman–Crippen MR) is 147 cm³/mol. The smallest absolute Gasteiger partial charge is 0.244 e. The van der Waals surface area contributed by atoms with Crippen LogP contribution in [0.5, 0.6) is 17.2 Å². The summed E-state index contributed by atoms with van der Waals surface area (Å²) in [5, 5.41) is 43.0. The summed E-state index contributed by atoms with van der Waals surface area (Å²) in [5.41, 5.74) is 0.551. The highest BCUT2D eigenvalue weighted by Crippen LogP contribution is 2.37. The number of carbonyl (C=O) groups excluding carboxylic acids is 1. The van der Waals surface area contributed by atoms with E-state index in [1.807, 2.05) is 0 Å². The third-order valence-electron chi connectivity index (χ3n) is 6.61. The molecule has 0 saturated heterocycles. The van der Waals surface area contributed by atoms with E-state index in [-0.39, 0.29) is 17.2 Å². The number of aromatic hydroxyl groups is 1. The van der Waals surface area contributed by atoms with E-state index in [0.717, 1.165) is 19.3 Å². The van der Waals surface area contributed by atoms with E-state index in [1.165, 1.54) is 84.2 Å². The Morgan fingerprint density at radius 1 is 0.892 bits per heavy atom. The number of hydrogen-bond acceptors (Lipinski definition) is 7. The van der Waals surface area contributed by atoms with Gasteiger partial charge >= 0.3 is 0 Å². The molecule has 0 aliphatic rings. The van der Waals surface area contributed by atoms with Gasteiger partial charge in [-0.05, 0) is 30.2 Å². The van der Waals surface area contributed by atoms with Crippen molar-refractivity contribution in [3.8, 4) is 17.2 Å². The van der Waals surface area contributed by atoms with Crippen molar-refractivity contribution in [2.45, 2.75) is 109 Å². The number of methoxy groups -OCH3 is 2. The zero-order valence-electron chi connectivity index (χ0n) is 23.0. The average molecular weight is 524 g/mol. The van der Waals surface area contributed by atoms with Gasteiger partial charge in [0.1, 0.15) is 6.10 Å². The molecule has 1 rings (SSSR count). The molecule has 0 spiro atoms. The Labute approximate surface area is 222 Å². The number of benzene rings is 1. The first kappa shape index (κ1) is 32.7. The number of amides is 1. The summed E-state index contributed by atoms with van der Waals surface area (Å²) in [7, 11) is 2.81. The second-order valence-electron chi connectivity index (χ2n) is 9.64. The van der Waals surface area contributed by atoms with E-state index in [4.69, 9.17) is 9.47 Å². The molecule has 0 heterocycles. The number of rotatable bonds is 21. The highest BCUT2D eigenvalue weighted by Gasteiger charge is 2.26. The fraction of sp³-hybridized carbons (Fsp3) is 0.690. The van der Waals surface area contributed by atoms with Crippen LogP contribution in [0.15, 0.2) is 18.2 Å². The number of phenols is 1. The summed E-state index contributed by atoms with van der Waals surface area (Å²) < 4.78 is 10.2. The van der Waals surface area contributed by atoms with Gasteiger partial charge in [-0.25, -0.2) is 0 Å². The molecule has 0 aliphatic heterocycles. The van der Waals surface area contributed by atoms with E-state index >= 15 is 0 Å². The Hall–Kier alpha value is -2.29. The number of carbonyl (C=O) groups is 1. The molecular weight excluding hydrogens is 474 g/mol. The monoisotopic (exact) mass is 523 g/mol. The quantitative estimate of drug-likeness (QED) is 0.117. The fourth-order valence-corrected chi connectivity index (χ4v) is 4.29. The van der Waals surface area contributed by atoms with Crippen LogP contribution in [0.4, 0.5) is 0 Å². The molecule has 1 aromatic carbocycles. The van der Waals surface area contributed by atoms with Gasteiger partial charge in [0.15, 0.2) is 11.5 Å². The zero-order chi connectivity index (χ0) is 27.5. The molecule has 0 saturated carbocycles. The van der Waals surface area contributed by atoms with Crippen molar-refractivity contribution in [2.24, 2.45) is 0 Å². The maximum atomic E-state index is 12.3. The van der Waals surface area contributed by atoms with Crippen molar-refractivity contribution in [1.82, 2.24) is 5.32 Å². The molecule has 1 aromatic rings. The first-order valence-electron chi connectivity index (χ1n) is 13.8. The lowest BCUT2D eigenvalue weighted by Crippen LogP contribution is -2.50. The second kappa shape index (κ2) is 19.8. The summed E-state index contributed by atoms with van der Waals surface area (Å²) in [6.45, 7) is 1.73. The first-order valence-corrected chi connectivity index (χ1v) is 13.8. The second-order valence-corrected chi connectivity index (χ2v) is 9.64. The summed E-state index contributed by atoms with van der Waals surface area (Å²) in [5.74, 6) is -0.285. The average Bonchev–Trinajstić information content (AvgIpc) is 2.91. The van der Waals surface area contributed by atoms with E-state index in [0.29, 0.717) is 12.0 Å². The van der Waals surface area contributed by atoms with E-state index < -0.39 is 30.8 Å². The SMILES string of the molecule is CCCCCCCCCCCCCC[C@@H](O)[C@@H](O)[C@H](CO)NC(=O)/C=C/c1cc(OC)c(O)c(OC)c1. The van der Waals surface area contributed by atoms with Crippen molar-refractivity contribution in [1.29, 1.82) is 0 Å². The maximum absolute atomic E-state index is 12.3. The number of phenolic OH excluding ortho intramolecular Hbond substituents is 1. The van der Waals surface area contributed by atoms with Gasteiger partial charge in [0.05, 0.1) is 33.0 Å². The largest absolute Gasteiger partial charge is 0.502 e. The molecule has 0 bridgehead atoms. The van der Waals surface area contributed by atoms with Gasteiger partial charge in [-0.2, -0.15) is 0 Å². The van der Waals surface area contributed by atoms with Crippen LogP contribution >= 0.6 is 0 Å². The van der Waals surface area contributed by atoms with Crippen molar-refractivity contribution >= 4 is 12.0 Å². The lowest BCUT2D eigenvalue weighted by Gasteiger charge is -2.26. The van der Waals surface area contributed by atoms with Crippen molar-refractivity contribution < 1.29 is 34.7 Å². The number of unbranched alkanes of at least 4 members (excludes halogenated alkanes) is 11. The van der Waals surface area contributed by atoms with Gasteiger partial charge in [-0.1, -0.05) is 84.0 Å². The molecule has 0 radical (unpaired) electrons. The molecule has 0 aromatic heterocycles. The highest BCUT2D eigenvalue weighted by molar-refractivity contribution is 5.92. The molecule has 3 atom stereocenters. The predicted octanol–water partition coefficient (Wildman–Crippen LogP) is 4.71. The molecule has 8 nitrogen and oxygen atoms in total. The van der Waals surface area contributed by atoms with Crippen LogP contribution < -0.4 is 14.8 Å². The standard InChI is InChI=1S/C29H49NO7/c1-4-5-6-7-8-9-10-11-12-13-14-15-16-24(32)28(34)23(21-31)30-27(33)18-17-22-19-25(36-2)29(35)26(20-22)37-3/h17-20,23-24,28,31-32,34-35H,4-16,21H2,1-3H3,(H,30,33)/b18-17+/t23-,24+,28-/m0/s1. The summed E-state index contributed by atoms with van der Waals surface area (Å²) in [6, 6.07) is 2.09. The molecule has 37 heavy (non-hydrogen) atoms. The zero-order valence-corrected chi connectivity index (χ0v) is 23.0. The highest BCUT2D eigenvalue weighted by atomic mass is 16.5. The van der Waals surface area contributed by atoms with Crippen molar-refractivity contribution in [3.05, 3.63) is 23.8 Å². The van der Waals surface area contributed by atoms with Crippen molar-refractivity contribution in [2.75, 3.05) is 20.8 Å². The lowest BCUT2D eigenvalue weighted by molar-refractivity contribution is -0.119. The third kappa shape index (κ3) is 13.2. The van der Waals surface area contributed by atoms with Gasteiger partial charge in [0.25, 0.3) is 0 Å². The third-order valence-corrected chi connectivity index (χ3v) is 6.61. The Kier molecular flexibility index (Phi) is 17.5. The normalized spacial score (nSPS) is 13.9. The van der Waals surface area contributed by atoms with E-state index in [2.05, 4.69) is 12.2 Å². The van der Waals surface area contributed by atoms with Gasteiger partial charge in [0, 0.05) is 6.08 Å². The van der Waals surface area contributed by atoms with Crippen molar-refractivity contribution in [3.63, 3.8) is 0 Å². The number of aliphatic hydroxyl groups is 3. The summed E-state index contributed by atoms with van der Waals surface area (Å²) >= 11 is 0. The Bertz CT molecular complexity index is 759. The molecule has 1 amide bonds. The number of hydrogen-bond donors (Lipinski definition) is 5. The van der Waals surface area contributed by atoms with Crippen LogP contribution in [0.1, 0.15) is 96.0 Å². The molecule has 212 valence electrons. The van der Waals surface area contributed by atoms with Crippen LogP contribution in [0.3, 0.4) is 0 Å². The summed E-state index contributed by atoms with van der Waals surface area (Å²) in [4.78, 5) is 12.3. The molecule has 5 N–H and O–H groups in total. The maximum Gasteiger partial charge on any atom is 0.244 e. The lowest BCUT2D eigenvalue weighted by atomic mass is 9.99. The van der Waals surface area contributed by atoms with Crippen LogP contribution in [0, 0.1) is 0 Å².